The van der Waals surface area contributed by atoms with Crippen molar-refractivity contribution in [3.63, 3.8) is 0 Å². The fraction of sp³-hybridized carbons (Fsp3) is 0.167. The van der Waals surface area contributed by atoms with Crippen LogP contribution in [0.5, 0.6) is 0 Å². The Kier molecular flexibility index (Phi) is 3.15. The van der Waals surface area contributed by atoms with Crippen molar-refractivity contribution in [1.29, 1.82) is 0 Å². The monoisotopic (exact) mass is 291 g/mol. The SMILES string of the molecule is CC(NC(=O)c1cc2c(F)cccc2s1)c1nn[nH]n1. The van der Waals surface area contributed by atoms with E-state index in [1.807, 2.05) is 0 Å². The average molecular weight is 291 g/mol. The van der Waals surface area contributed by atoms with Crippen LogP contribution in [0.3, 0.4) is 0 Å². The van der Waals surface area contributed by atoms with Gasteiger partial charge in [0.05, 0.1) is 10.9 Å². The molecule has 0 saturated heterocycles. The molecule has 102 valence electrons. The van der Waals surface area contributed by atoms with Gasteiger partial charge in [0, 0.05) is 10.1 Å². The van der Waals surface area contributed by atoms with Crippen LogP contribution in [-0.4, -0.2) is 26.5 Å². The third kappa shape index (κ3) is 2.25. The molecule has 2 heterocycles. The molecule has 6 nitrogen and oxygen atoms in total. The van der Waals surface area contributed by atoms with Crippen LogP contribution in [0, 0.1) is 5.82 Å². The third-order valence-corrected chi connectivity index (χ3v) is 3.93. The molecule has 2 N–H and O–H groups in total. The van der Waals surface area contributed by atoms with Crippen molar-refractivity contribution < 1.29 is 9.18 Å². The first-order valence-corrected chi connectivity index (χ1v) is 6.69. The molecule has 1 atom stereocenters. The van der Waals surface area contributed by atoms with E-state index in [9.17, 15) is 9.18 Å². The molecule has 0 aliphatic heterocycles. The zero-order valence-electron chi connectivity index (χ0n) is 10.4. The van der Waals surface area contributed by atoms with Gasteiger partial charge >= 0.3 is 0 Å². The predicted octanol–water partition coefficient (Wildman–Crippen LogP) is 2.04. The summed E-state index contributed by atoms with van der Waals surface area (Å²) >= 11 is 1.24. The lowest BCUT2D eigenvalue weighted by Gasteiger charge is -2.08. The Hall–Kier alpha value is -2.35. The minimum absolute atomic E-state index is 0.289. The van der Waals surface area contributed by atoms with Crippen LogP contribution in [0.4, 0.5) is 4.39 Å². The lowest BCUT2D eigenvalue weighted by Crippen LogP contribution is -2.26. The highest BCUT2D eigenvalue weighted by atomic mass is 32.1. The van der Waals surface area contributed by atoms with Crippen LogP contribution in [0.2, 0.25) is 0 Å². The van der Waals surface area contributed by atoms with Gasteiger partial charge in [-0.3, -0.25) is 4.79 Å². The molecule has 1 unspecified atom stereocenters. The van der Waals surface area contributed by atoms with Gasteiger partial charge in [-0.15, -0.1) is 21.5 Å². The molecule has 3 rings (SSSR count). The number of halogens is 1. The van der Waals surface area contributed by atoms with Crippen molar-refractivity contribution in [2.45, 2.75) is 13.0 Å². The summed E-state index contributed by atoms with van der Waals surface area (Å²) in [5, 5.41) is 16.6. The maximum atomic E-state index is 13.6. The molecule has 0 bridgehead atoms. The summed E-state index contributed by atoms with van der Waals surface area (Å²) in [4.78, 5) is 12.6. The van der Waals surface area contributed by atoms with Crippen LogP contribution >= 0.6 is 11.3 Å². The average Bonchev–Trinajstić information content (AvgIpc) is 3.08. The Morgan fingerprint density at radius 3 is 3.05 bits per heavy atom. The van der Waals surface area contributed by atoms with Gasteiger partial charge < -0.3 is 5.32 Å². The lowest BCUT2D eigenvalue weighted by atomic mass is 10.2. The van der Waals surface area contributed by atoms with Gasteiger partial charge in [0.15, 0.2) is 5.82 Å². The molecule has 1 aromatic carbocycles. The van der Waals surface area contributed by atoms with Gasteiger partial charge in [0.25, 0.3) is 5.91 Å². The number of tetrazole rings is 1. The highest BCUT2D eigenvalue weighted by Gasteiger charge is 2.17. The molecule has 0 saturated carbocycles. The summed E-state index contributed by atoms with van der Waals surface area (Å²) in [5.74, 6) is -0.224. The molecule has 0 aliphatic rings. The Morgan fingerprint density at radius 2 is 2.35 bits per heavy atom. The number of fused-ring (bicyclic) bond motifs is 1. The van der Waals surface area contributed by atoms with Gasteiger partial charge in [0.1, 0.15) is 5.82 Å². The number of hydrogen-bond acceptors (Lipinski definition) is 5. The van der Waals surface area contributed by atoms with E-state index < -0.39 is 0 Å². The summed E-state index contributed by atoms with van der Waals surface area (Å²) < 4.78 is 14.3. The normalized spacial score (nSPS) is 12.5. The second kappa shape index (κ2) is 4.97. The Balaban J connectivity index is 1.84. The maximum Gasteiger partial charge on any atom is 0.261 e. The van der Waals surface area contributed by atoms with E-state index in [-0.39, 0.29) is 17.8 Å². The molecule has 1 amide bonds. The summed E-state index contributed by atoms with van der Waals surface area (Å²) in [5.41, 5.74) is 0. The first-order chi connectivity index (χ1) is 9.65. The van der Waals surface area contributed by atoms with E-state index in [0.717, 1.165) is 4.70 Å². The second-order valence-corrected chi connectivity index (χ2v) is 5.31. The zero-order chi connectivity index (χ0) is 14.1. The van der Waals surface area contributed by atoms with E-state index in [4.69, 9.17) is 0 Å². The van der Waals surface area contributed by atoms with Crippen molar-refractivity contribution in [3.8, 4) is 0 Å². The van der Waals surface area contributed by atoms with Crippen molar-refractivity contribution in [1.82, 2.24) is 25.9 Å². The molecule has 0 radical (unpaired) electrons. The van der Waals surface area contributed by atoms with Gasteiger partial charge in [-0.2, -0.15) is 5.21 Å². The van der Waals surface area contributed by atoms with Gasteiger partial charge in [0.2, 0.25) is 0 Å². The highest BCUT2D eigenvalue weighted by molar-refractivity contribution is 7.20. The lowest BCUT2D eigenvalue weighted by molar-refractivity contribution is 0.0942. The smallest absolute Gasteiger partial charge is 0.261 e. The molecule has 0 spiro atoms. The van der Waals surface area contributed by atoms with E-state index in [2.05, 4.69) is 25.9 Å². The first-order valence-electron chi connectivity index (χ1n) is 5.87. The number of benzene rings is 1. The zero-order valence-corrected chi connectivity index (χ0v) is 11.2. The Bertz CT molecular complexity index is 754. The number of amides is 1. The van der Waals surface area contributed by atoms with E-state index >= 15 is 0 Å². The Labute approximate surface area is 117 Å². The quantitative estimate of drug-likeness (QED) is 0.773. The second-order valence-electron chi connectivity index (χ2n) is 4.23. The van der Waals surface area contributed by atoms with E-state index in [1.54, 1.807) is 25.1 Å². The van der Waals surface area contributed by atoms with Crippen LogP contribution < -0.4 is 5.32 Å². The summed E-state index contributed by atoms with van der Waals surface area (Å²) in [6, 6.07) is 5.95. The fourth-order valence-corrected chi connectivity index (χ4v) is 2.80. The molecule has 0 fully saturated rings. The summed E-state index contributed by atoms with van der Waals surface area (Å²) in [7, 11) is 0. The third-order valence-electron chi connectivity index (χ3n) is 2.83. The predicted molar refractivity (Wildman–Crippen MR) is 71.8 cm³/mol. The molecule has 3 aromatic rings. The summed E-state index contributed by atoms with van der Waals surface area (Å²) in [6.07, 6.45) is 0. The van der Waals surface area contributed by atoms with Crippen molar-refractivity contribution in [3.05, 3.63) is 40.8 Å². The van der Waals surface area contributed by atoms with Crippen LogP contribution in [0.1, 0.15) is 28.5 Å². The Morgan fingerprint density at radius 1 is 1.50 bits per heavy atom. The molecule has 8 heteroatoms. The summed E-state index contributed by atoms with van der Waals surface area (Å²) in [6.45, 7) is 1.75. The number of H-pyrrole nitrogens is 1. The van der Waals surface area contributed by atoms with Gasteiger partial charge in [-0.1, -0.05) is 11.3 Å². The standard InChI is InChI=1S/C12H10FN5OS/c1-6(11-15-17-18-16-11)14-12(19)10-5-7-8(13)3-2-4-9(7)20-10/h2-6H,1H3,(H,14,19)(H,15,16,17,18). The fourth-order valence-electron chi connectivity index (χ4n) is 1.82. The van der Waals surface area contributed by atoms with Crippen molar-refractivity contribution in [2.75, 3.05) is 0 Å². The number of rotatable bonds is 3. The van der Waals surface area contributed by atoms with Gasteiger partial charge in [-0.25, -0.2) is 4.39 Å². The number of thiophene rings is 1. The number of nitrogens with zero attached hydrogens (tertiary/aromatic N) is 3. The number of aromatic nitrogens is 4. The molecule has 0 aliphatic carbocycles. The number of carbonyl (C=O) groups excluding carboxylic acids is 1. The number of nitrogens with one attached hydrogen (secondary N) is 2. The van der Waals surface area contributed by atoms with Gasteiger partial charge in [-0.05, 0) is 25.1 Å². The maximum absolute atomic E-state index is 13.6. The van der Waals surface area contributed by atoms with Crippen molar-refractivity contribution in [2.24, 2.45) is 0 Å². The molecule has 2 aromatic heterocycles. The minimum atomic E-state index is -0.378. The minimum Gasteiger partial charge on any atom is -0.341 e. The largest absolute Gasteiger partial charge is 0.341 e. The van der Waals surface area contributed by atoms with E-state index in [0.29, 0.717) is 16.1 Å². The molecule has 20 heavy (non-hydrogen) atoms. The topological polar surface area (TPSA) is 83.6 Å². The van der Waals surface area contributed by atoms with Crippen molar-refractivity contribution >= 4 is 27.3 Å². The highest BCUT2D eigenvalue weighted by Crippen LogP contribution is 2.27. The molecular weight excluding hydrogens is 281 g/mol. The van der Waals surface area contributed by atoms with Crippen LogP contribution in [0.15, 0.2) is 24.3 Å². The number of aromatic amines is 1. The number of carbonyl (C=O) groups is 1. The molecular formula is C12H10FN5OS. The van der Waals surface area contributed by atoms with Crippen LogP contribution in [0.25, 0.3) is 10.1 Å². The van der Waals surface area contributed by atoms with Crippen LogP contribution in [-0.2, 0) is 0 Å². The first kappa shape index (κ1) is 12.7. The number of hydrogen-bond donors (Lipinski definition) is 2. The van der Waals surface area contributed by atoms with E-state index in [1.165, 1.54) is 17.4 Å².